The number of carbonyl (C=O) groups is 1. The number of carbonyl (C=O) groups excluding carboxylic acids is 1. The van der Waals surface area contributed by atoms with E-state index in [1.54, 1.807) is 18.2 Å². The van der Waals surface area contributed by atoms with Crippen molar-refractivity contribution in [2.45, 2.75) is 13.3 Å². The summed E-state index contributed by atoms with van der Waals surface area (Å²) in [4.78, 5) is 11.4. The zero-order valence-electron chi connectivity index (χ0n) is 11.6. The minimum absolute atomic E-state index is 0.402. The van der Waals surface area contributed by atoms with Crippen molar-refractivity contribution in [1.82, 2.24) is 0 Å². The van der Waals surface area contributed by atoms with Gasteiger partial charge in [-0.1, -0.05) is 25.1 Å². The minimum Gasteiger partial charge on any atom is -0.465 e. The molecule has 2 N–H and O–H groups in total. The van der Waals surface area contributed by atoms with Crippen molar-refractivity contribution in [3.63, 3.8) is 0 Å². The Morgan fingerprint density at radius 2 is 1.90 bits per heavy atom. The van der Waals surface area contributed by atoms with Crippen LogP contribution in [-0.2, 0) is 11.2 Å². The van der Waals surface area contributed by atoms with Crippen LogP contribution >= 0.6 is 0 Å². The van der Waals surface area contributed by atoms with Gasteiger partial charge in [-0.3, -0.25) is 0 Å². The molecule has 0 radical (unpaired) electrons. The molecule has 0 bridgehead atoms. The van der Waals surface area contributed by atoms with Gasteiger partial charge in [0.1, 0.15) is 11.5 Å². The average molecular weight is 271 g/mol. The Kier molecular flexibility index (Phi) is 4.25. The lowest BCUT2D eigenvalue weighted by atomic mass is 10.1. The molecule has 0 spiro atoms. The topological polar surface area (TPSA) is 61.5 Å². The second kappa shape index (κ2) is 6.10. The Hall–Kier alpha value is -2.49. The molecule has 0 aliphatic heterocycles. The summed E-state index contributed by atoms with van der Waals surface area (Å²) in [6.45, 7) is 2.06. The van der Waals surface area contributed by atoms with Gasteiger partial charge in [0.15, 0.2) is 0 Å². The molecule has 104 valence electrons. The van der Waals surface area contributed by atoms with Gasteiger partial charge in [-0.2, -0.15) is 0 Å². The summed E-state index contributed by atoms with van der Waals surface area (Å²) in [7, 11) is 1.33. The van der Waals surface area contributed by atoms with Crippen molar-refractivity contribution >= 4 is 11.7 Å². The first kappa shape index (κ1) is 13.9. The summed E-state index contributed by atoms with van der Waals surface area (Å²) in [6.07, 6.45) is 0.871. The van der Waals surface area contributed by atoms with E-state index in [-0.39, 0.29) is 0 Å². The number of esters is 1. The van der Waals surface area contributed by atoms with E-state index in [1.165, 1.54) is 7.11 Å². The molecule has 4 nitrogen and oxygen atoms in total. The van der Waals surface area contributed by atoms with E-state index in [0.717, 1.165) is 17.7 Å². The standard InChI is InChI=1S/C16H17NO3/c1-3-11-6-4-5-7-14(11)20-15-9-8-12(10-13(15)17)16(18)19-2/h4-10H,3,17H2,1-2H3. The summed E-state index contributed by atoms with van der Waals surface area (Å²) >= 11 is 0. The molecule has 2 aromatic carbocycles. The van der Waals surface area contributed by atoms with Crippen LogP contribution in [-0.4, -0.2) is 13.1 Å². The number of aryl methyl sites for hydroxylation is 1. The quantitative estimate of drug-likeness (QED) is 0.683. The van der Waals surface area contributed by atoms with Gasteiger partial charge in [0.2, 0.25) is 0 Å². The number of hydrogen-bond acceptors (Lipinski definition) is 4. The van der Waals surface area contributed by atoms with Crippen molar-refractivity contribution in [1.29, 1.82) is 0 Å². The summed E-state index contributed by atoms with van der Waals surface area (Å²) in [5, 5.41) is 0. The van der Waals surface area contributed by atoms with E-state index >= 15 is 0 Å². The van der Waals surface area contributed by atoms with Crippen LogP contribution in [0.4, 0.5) is 5.69 Å². The Bertz CT molecular complexity index is 623. The van der Waals surface area contributed by atoms with E-state index in [1.807, 2.05) is 24.3 Å². The van der Waals surface area contributed by atoms with Crippen molar-refractivity contribution < 1.29 is 14.3 Å². The number of ether oxygens (including phenoxy) is 2. The second-order valence-corrected chi connectivity index (χ2v) is 4.31. The molecule has 20 heavy (non-hydrogen) atoms. The molecule has 0 fully saturated rings. The molecular formula is C16H17NO3. The SMILES string of the molecule is CCc1ccccc1Oc1ccc(C(=O)OC)cc1N. The number of anilines is 1. The lowest BCUT2D eigenvalue weighted by Gasteiger charge is -2.12. The second-order valence-electron chi connectivity index (χ2n) is 4.31. The van der Waals surface area contributed by atoms with Gasteiger partial charge in [-0.05, 0) is 36.2 Å². The number of nitrogens with two attached hydrogens (primary N) is 1. The maximum Gasteiger partial charge on any atom is 0.337 e. The highest BCUT2D eigenvalue weighted by Crippen LogP contribution is 2.30. The molecule has 0 aliphatic rings. The van der Waals surface area contributed by atoms with Crippen LogP contribution in [0, 0.1) is 0 Å². The lowest BCUT2D eigenvalue weighted by Crippen LogP contribution is -2.03. The number of nitrogen functional groups attached to an aromatic ring is 1. The van der Waals surface area contributed by atoms with E-state index in [0.29, 0.717) is 17.0 Å². The largest absolute Gasteiger partial charge is 0.465 e. The van der Waals surface area contributed by atoms with Crippen molar-refractivity contribution in [3.8, 4) is 11.5 Å². The molecule has 0 amide bonds. The summed E-state index contributed by atoms with van der Waals surface area (Å²) < 4.78 is 10.5. The molecule has 0 saturated heterocycles. The molecule has 0 unspecified atom stereocenters. The third-order valence-electron chi connectivity index (χ3n) is 3.00. The van der Waals surface area contributed by atoms with Gasteiger partial charge in [-0.15, -0.1) is 0 Å². The van der Waals surface area contributed by atoms with Gasteiger partial charge < -0.3 is 15.2 Å². The number of para-hydroxylation sites is 1. The number of hydrogen-bond donors (Lipinski definition) is 1. The van der Waals surface area contributed by atoms with Gasteiger partial charge >= 0.3 is 5.97 Å². The lowest BCUT2D eigenvalue weighted by molar-refractivity contribution is 0.0601. The maximum atomic E-state index is 11.4. The first-order valence-corrected chi connectivity index (χ1v) is 6.39. The fraction of sp³-hybridized carbons (Fsp3) is 0.188. The van der Waals surface area contributed by atoms with Crippen LogP contribution < -0.4 is 10.5 Å². The van der Waals surface area contributed by atoms with Crippen LogP contribution in [0.5, 0.6) is 11.5 Å². The number of benzene rings is 2. The molecule has 0 heterocycles. The molecule has 2 rings (SSSR count). The van der Waals surface area contributed by atoms with Crippen LogP contribution in [0.2, 0.25) is 0 Å². The predicted molar refractivity (Wildman–Crippen MR) is 78.1 cm³/mol. The molecule has 4 heteroatoms. The summed E-state index contributed by atoms with van der Waals surface area (Å²) in [5.74, 6) is 0.878. The molecular weight excluding hydrogens is 254 g/mol. The zero-order chi connectivity index (χ0) is 14.5. The Morgan fingerprint density at radius 3 is 2.55 bits per heavy atom. The fourth-order valence-electron chi connectivity index (χ4n) is 1.90. The van der Waals surface area contributed by atoms with Crippen molar-refractivity contribution in [2.75, 3.05) is 12.8 Å². The van der Waals surface area contributed by atoms with E-state index in [9.17, 15) is 4.79 Å². The third kappa shape index (κ3) is 2.91. The Labute approximate surface area is 118 Å². The van der Waals surface area contributed by atoms with Crippen LogP contribution in [0.15, 0.2) is 42.5 Å². The zero-order valence-corrected chi connectivity index (χ0v) is 11.6. The van der Waals surface area contributed by atoms with Gasteiger partial charge in [-0.25, -0.2) is 4.79 Å². The van der Waals surface area contributed by atoms with Gasteiger partial charge in [0.25, 0.3) is 0 Å². The summed E-state index contributed by atoms with van der Waals surface area (Å²) in [5.41, 5.74) is 7.83. The van der Waals surface area contributed by atoms with Gasteiger partial charge in [0, 0.05) is 0 Å². The highest BCUT2D eigenvalue weighted by Gasteiger charge is 2.10. The van der Waals surface area contributed by atoms with Crippen molar-refractivity contribution in [3.05, 3.63) is 53.6 Å². The first-order valence-electron chi connectivity index (χ1n) is 6.39. The fourth-order valence-corrected chi connectivity index (χ4v) is 1.90. The number of methoxy groups -OCH3 is 1. The average Bonchev–Trinajstić information content (AvgIpc) is 2.49. The smallest absolute Gasteiger partial charge is 0.337 e. The maximum absolute atomic E-state index is 11.4. The first-order chi connectivity index (χ1) is 9.65. The number of rotatable bonds is 4. The van der Waals surface area contributed by atoms with E-state index < -0.39 is 5.97 Å². The van der Waals surface area contributed by atoms with E-state index in [2.05, 4.69) is 11.7 Å². The molecule has 0 atom stereocenters. The van der Waals surface area contributed by atoms with Crippen molar-refractivity contribution in [2.24, 2.45) is 0 Å². The molecule has 0 aromatic heterocycles. The van der Waals surface area contributed by atoms with Crippen LogP contribution in [0.3, 0.4) is 0 Å². The minimum atomic E-state index is -0.419. The van der Waals surface area contributed by atoms with Crippen LogP contribution in [0.25, 0.3) is 0 Å². The Morgan fingerprint density at radius 1 is 1.15 bits per heavy atom. The van der Waals surface area contributed by atoms with Crippen LogP contribution in [0.1, 0.15) is 22.8 Å². The van der Waals surface area contributed by atoms with Gasteiger partial charge in [0.05, 0.1) is 18.4 Å². The normalized spacial score (nSPS) is 10.1. The monoisotopic (exact) mass is 271 g/mol. The highest BCUT2D eigenvalue weighted by molar-refractivity contribution is 5.90. The summed E-state index contributed by atoms with van der Waals surface area (Å²) in [6, 6.07) is 12.6. The third-order valence-corrected chi connectivity index (χ3v) is 3.00. The highest BCUT2D eigenvalue weighted by atomic mass is 16.5. The molecule has 2 aromatic rings. The predicted octanol–water partition coefficient (Wildman–Crippen LogP) is 3.41. The Balaban J connectivity index is 2.28. The molecule has 0 aliphatic carbocycles. The van der Waals surface area contributed by atoms with E-state index in [4.69, 9.17) is 10.5 Å². The molecule has 0 saturated carbocycles.